The molecule has 0 radical (unpaired) electrons. The number of hydrogen-bond donors (Lipinski definition) is 1. The molecule has 1 atom stereocenters. The summed E-state index contributed by atoms with van der Waals surface area (Å²) < 4.78 is 6.00. The van der Waals surface area contributed by atoms with Gasteiger partial charge in [0, 0.05) is 25.6 Å². The third-order valence-corrected chi connectivity index (χ3v) is 5.60. The Kier molecular flexibility index (Phi) is 7.91. The van der Waals surface area contributed by atoms with Crippen LogP contribution in [0.2, 0.25) is 10.0 Å². The molecule has 0 aliphatic carbocycles. The molecular weight excluding hydrogens is 439 g/mol. The number of hydrogen-bond acceptors (Lipinski definition) is 3. The molecule has 7 heteroatoms. The van der Waals surface area contributed by atoms with Crippen LogP contribution >= 0.6 is 35.4 Å². The molecule has 3 rings (SSSR count). The van der Waals surface area contributed by atoms with Crippen molar-refractivity contribution in [2.75, 3.05) is 13.6 Å². The van der Waals surface area contributed by atoms with E-state index in [0.717, 1.165) is 12.0 Å². The van der Waals surface area contributed by atoms with E-state index in [-0.39, 0.29) is 12.0 Å². The fourth-order valence-electron chi connectivity index (χ4n) is 3.10. The summed E-state index contributed by atoms with van der Waals surface area (Å²) in [5.41, 5.74) is 3.75. The largest absolute Gasteiger partial charge is 0.486 e. The molecule has 1 amide bonds. The van der Waals surface area contributed by atoms with E-state index < -0.39 is 0 Å². The molecule has 2 aromatic carbocycles. The van der Waals surface area contributed by atoms with Gasteiger partial charge < -0.3 is 15.0 Å². The Morgan fingerprint density at radius 1 is 1.23 bits per heavy atom. The molecule has 0 saturated carbocycles. The molecule has 0 bridgehead atoms. The molecule has 4 nitrogen and oxygen atoms in total. The van der Waals surface area contributed by atoms with E-state index in [9.17, 15) is 4.79 Å². The molecule has 1 aliphatic rings. The molecule has 2 aromatic rings. The molecular formula is C23H22Cl2N2O2S. The minimum atomic E-state index is -0.279. The lowest BCUT2D eigenvalue weighted by Crippen LogP contribution is -2.35. The number of amides is 1. The van der Waals surface area contributed by atoms with Gasteiger partial charge in [0.1, 0.15) is 17.6 Å². The van der Waals surface area contributed by atoms with E-state index in [2.05, 4.69) is 5.32 Å². The minimum Gasteiger partial charge on any atom is -0.486 e. The van der Waals surface area contributed by atoms with Crippen LogP contribution in [0.5, 0.6) is 0 Å². The van der Waals surface area contributed by atoms with Gasteiger partial charge in [-0.15, -0.1) is 0 Å². The maximum atomic E-state index is 12.9. The van der Waals surface area contributed by atoms with Crippen molar-refractivity contribution in [2.24, 2.45) is 0 Å². The van der Waals surface area contributed by atoms with Crippen molar-refractivity contribution < 1.29 is 9.53 Å². The lowest BCUT2D eigenvalue weighted by atomic mass is 10.1. The summed E-state index contributed by atoms with van der Waals surface area (Å²) in [5, 5.41) is 3.84. The highest BCUT2D eigenvalue weighted by Crippen LogP contribution is 2.31. The zero-order valence-electron chi connectivity index (χ0n) is 16.5. The van der Waals surface area contributed by atoms with Crippen LogP contribution < -0.4 is 5.32 Å². The Hall–Kier alpha value is -2.34. The normalized spacial score (nSPS) is 15.9. The number of benzene rings is 2. The molecule has 30 heavy (non-hydrogen) atoms. The van der Waals surface area contributed by atoms with Gasteiger partial charge in [-0.2, -0.15) is 0 Å². The number of nitrogens with one attached hydrogen (secondary N) is 1. The highest BCUT2D eigenvalue weighted by molar-refractivity contribution is 7.78. The van der Waals surface area contributed by atoms with E-state index in [1.807, 2.05) is 42.5 Å². The van der Waals surface area contributed by atoms with E-state index >= 15 is 0 Å². The van der Waals surface area contributed by atoms with Crippen molar-refractivity contribution in [1.29, 1.82) is 0 Å². The van der Waals surface area contributed by atoms with Gasteiger partial charge in [0.25, 0.3) is 5.91 Å². The van der Waals surface area contributed by atoms with E-state index in [1.165, 1.54) is 11.1 Å². The van der Waals surface area contributed by atoms with Crippen LogP contribution in [0.4, 0.5) is 0 Å². The van der Waals surface area contributed by atoms with Crippen LogP contribution in [-0.2, 0) is 16.0 Å². The minimum absolute atomic E-state index is 0.140. The number of carbonyl (C=O) groups is 1. The topological polar surface area (TPSA) is 41.6 Å². The van der Waals surface area contributed by atoms with Gasteiger partial charge >= 0.3 is 0 Å². The van der Waals surface area contributed by atoms with Gasteiger partial charge in [0.2, 0.25) is 0 Å². The first-order chi connectivity index (χ1) is 14.5. The average molecular weight is 461 g/mol. The van der Waals surface area contributed by atoms with Crippen LogP contribution in [0.25, 0.3) is 5.76 Å². The molecule has 1 heterocycles. The molecule has 0 spiro atoms. The SMILES string of the molecule is CN(CCc1ccccc1)C(=O)/C(=C\C1CC=C(c2ccc(Cl)c(Cl)c2)O1)NC=S. The zero-order valence-corrected chi connectivity index (χ0v) is 18.8. The standard InChI is InChI=1S/C23H22Cl2N2O2S/c1-27(12-11-16-5-3-2-4-6-16)23(28)21(26-15-30)14-18-8-10-22(29-18)17-7-9-19(24)20(25)13-17/h2-7,9-10,13-15,18H,8,11-12H2,1H3,(H,26,30)/b21-14+. The van der Waals surface area contributed by atoms with E-state index in [0.29, 0.717) is 34.5 Å². The van der Waals surface area contributed by atoms with Crippen molar-refractivity contribution >= 4 is 52.6 Å². The Morgan fingerprint density at radius 2 is 2.00 bits per heavy atom. The first-order valence-corrected chi connectivity index (χ1v) is 10.7. The fourth-order valence-corrected chi connectivity index (χ4v) is 3.52. The first kappa shape index (κ1) is 22.3. The van der Waals surface area contributed by atoms with Gasteiger partial charge in [-0.05, 0) is 42.3 Å². The number of halogens is 2. The Bertz CT molecular complexity index is 976. The fraction of sp³-hybridized carbons (Fsp3) is 0.217. The van der Waals surface area contributed by atoms with Gasteiger partial charge in [-0.3, -0.25) is 4.79 Å². The molecule has 1 unspecified atom stereocenters. The van der Waals surface area contributed by atoms with Crippen LogP contribution in [0, 0.1) is 0 Å². The third kappa shape index (κ3) is 5.85. The summed E-state index contributed by atoms with van der Waals surface area (Å²) in [6, 6.07) is 15.4. The maximum Gasteiger partial charge on any atom is 0.269 e. The molecule has 156 valence electrons. The molecule has 0 aromatic heterocycles. The van der Waals surface area contributed by atoms with Crippen LogP contribution in [0.1, 0.15) is 17.5 Å². The molecule has 0 fully saturated rings. The first-order valence-electron chi connectivity index (χ1n) is 9.51. The van der Waals surface area contributed by atoms with Gasteiger partial charge in [0.15, 0.2) is 0 Å². The van der Waals surface area contributed by atoms with Crippen LogP contribution in [0.3, 0.4) is 0 Å². The number of nitrogens with zero attached hydrogens (tertiary/aromatic N) is 1. The Balaban J connectivity index is 1.64. The summed E-state index contributed by atoms with van der Waals surface area (Å²) in [4.78, 5) is 14.6. The van der Waals surface area contributed by atoms with Gasteiger partial charge in [-0.25, -0.2) is 0 Å². The quantitative estimate of drug-likeness (QED) is 0.431. The molecule has 1 aliphatic heterocycles. The van der Waals surface area contributed by atoms with Crippen molar-refractivity contribution in [3.63, 3.8) is 0 Å². The van der Waals surface area contributed by atoms with Crippen LogP contribution in [0.15, 0.2) is 66.4 Å². The van der Waals surface area contributed by atoms with Crippen molar-refractivity contribution in [1.82, 2.24) is 10.2 Å². The smallest absolute Gasteiger partial charge is 0.269 e. The summed E-state index contributed by atoms with van der Waals surface area (Å²) in [6.45, 7) is 0.595. The molecule has 1 N–H and O–H groups in total. The summed E-state index contributed by atoms with van der Waals surface area (Å²) in [7, 11) is 1.78. The Morgan fingerprint density at radius 3 is 2.70 bits per heavy atom. The second-order valence-corrected chi connectivity index (χ2v) is 7.94. The highest BCUT2D eigenvalue weighted by atomic mass is 35.5. The van der Waals surface area contributed by atoms with Crippen molar-refractivity contribution in [2.45, 2.75) is 18.9 Å². The second-order valence-electron chi connectivity index (χ2n) is 6.89. The number of thiocarbonyl (C=S) groups is 1. The monoisotopic (exact) mass is 460 g/mol. The number of rotatable bonds is 8. The third-order valence-electron chi connectivity index (χ3n) is 4.74. The molecule has 0 saturated heterocycles. The van der Waals surface area contributed by atoms with Crippen LogP contribution in [-0.4, -0.2) is 36.0 Å². The predicted molar refractivity (Wildman–Crippen MR) is 127 cm³/mol. The second kappa shape index (κ2) is 10.6. The van der Waals surface area contributed by atoms with E-state index in [4.69, 9.17) is 40.2 Å². The van der Waals surface area contributed by atoms with Gasteiger partial charge in [-0.1, -0.05) is 65.8 Å². The number of carbonyl (C=O) groups excluding carboxylic acids is 1. The zero-order chi connectivity index (χ0) is 21.5. The van der Waals surface area contributed by atoms with Crippen molar-refractivity contribution in [3.8, 4) is 0 Å². The maximum absolute atomic E-state index is 12.9. The number of likely N-dealkylation sites (N-methyl/N-ethyl adjacent to an activating group) is 1. The lowest BCUT2D eigenvalue weighted by molar-refractivity contribution is -0.126. The summed E-state index contributed by atoms with van der Waals surface area (Å²) in [5.74, 6) is 0.569. The number of ether oxygens (including phenoxy) is 1. The lowest BCUT2D eigenvalue weighted by Gasteiger charge is -2.20. The summed E-state index contributed by atoms with van der Waals surface area (Å²) >= 11 is 17.0. The average Bonchev–Trinajstić information content (AvgIpc) is 3.22. The highest BCUT2D eigenvalue weighted by Gasteiger charge is 2.22. The van der Waals surface area contributed by atoms with Crippen molar-refractivity contribution in [3.05, 3.63) is 87.6 Å². The van der Waals surface area contributed by atoms with Gasteiger partial charge in [0.05, 0.1) is 15.5 Å². The summed E-state index contributed by atoms with van der Waals surface area (Å²) in [6.07, 6.45) is 4.87. The Labute approximate surface area is 192 Å². The predicted octanol–water partition coefficient (Wildman–Crippen LogP) is 5.26. The van der Waals surface area contributed by atoms with E-state index in [1.54, 1.807) is 30.2 Å².